The van der Waals surface area contributed by atoms with E-state index in [9.17, 15) is 18.3 Å². The van der Waals surface area contributed by atoms with Crippen molar-refractivity contribution in [3.63, 3.8) is 0 Å². The van der Waals surface area contributed by atoms with Crippen molar-refractivity contribution in [1.29, 1.82) is 0 Å². The molecule has 27 heavy (non-hydrogen) atoms. The van der Waals surface area contributed by atoms with Gasteiger partial charge in [0.25, 0.3) is 0 Å². The van der Waals surface area contributed by atoms with Gasteiger partial charge in [0.2, 0.25) is 10.0 Å². The molecule has 1 aromatic carbocycles. The molecular formula is C18H25N3O5S. The minimum Gasteiger partial charge on any atom is -0.481 e. The molecule has 1 aromatic rings. The predicted octanol–water partition coefficient (Wildman–Crippen LogP) is 0.112. The monoisotopic (exact) mass is 395 g/mol. The van der Waals surface area contributed by atoms with Gasteiger partial charge in [-0.05, 0) is 45.2 Å². The number of carboxylic acids is 1. The maximum Gasteiger partial charge on any atom is 0.323 e. The first-order valence-electron chi connectivity index (χ1n) is 8.64. The van der Waals surface area contributed by atoms with Crippen molar-refractivity contribution in [2.75, 3.05) is 26.7 Å². The molecule has 3 unspecified atom stereocenters. The smallest absolute Gasteiger partial charge is 0.323 e. The summed E-state index contributed by atoms with van der Waals surface area (Å²) < 4.78 is 32.3. The Morgan fingerprint density at radius 1 is 1.44 bits per heavy atom. The number of nitrogens with zero attached hydrogens (tertiary/aromatic N) is 1. The van der Waals surface area contributed by atoms with E-state index in [1.807, 2.05) is 14.0 Å². The zero-order chi connectivity index (χ0) is 20.0. The summed E-state index contributed by atoms with van der Waals surface area (Å²) in [5.74, 6) is 5.14. The highest BCUT2D eigenvalue weighted by Crippen LogP contribution is 2.24. The number of aliphatic carboxylic acids is 1. The summed E-state index contributed by atoms with van der Waals surface area (Å²) in [6.45, 7) is 4.27. The van der Waals surface area contributed by atoms with Crippen LogP contribution in [-0.4, -0.2) is 68.7 Å². The van der Waals surface area contributed by atoms with Crippen LogP contribution >= 0.6 is 0 Å². The van der Waals surface area contributed by atoms with Gasteiger partial charge in [-0.2, -0.15) is 4.31 Å². The third-order valence-corrected chi connectivity index (χ3v) is 6.22. The highest BCUT2D eigenvalue weighted by Gasteiger charge is 2.41. The Morgan fingerprint density at radius 2 is 2.11 bits per heavy atom. The van der Waals surface area contributed by atoms with Gasteiger partial charge in [-0.1, -0.05) is 11.8 Å². The van der Waals surface area contributed by atoms with Crippen LogP contribution in [0.1, 0.15) is 13.8 Å². The predicted molar refractivity (Wildman–Crippen MR) is 101 cm³/mol. The summed E-state index contributed by atoms with van der Waals surface area (Å²) in [4.78, 5) is 11.6. The second-order valence-corrected chi connectivity index (χ2v) is 8.12. The van der Waals surface area contributed by atoms with E-state index in [1.54, 1.807) is 6.92 Å². The van der Waals surface area contributed by atoms with Crippen molar-refractivity contribution in [3.05, 3.63) is 24.3 Å². The quantitative estimate of drug-likeness (QED) is 0.587. The molecule has 0 amide bonds. The van der Waals surface area contributed by atoms with E-state index < -0.39 is 28.1 Å². The van der Waals surface area contributed by atoms with E-state index in [2.05, 4.69) is 22.5 Å². The maximum absolute atomic E-state index is 12.9. The summed E-state index contributed by atoms with van der Waals surface area (Å²) in [5, 5.41) is 15.4. The molecule has 8 nitrogen and oxygen atoms in total. The normalized spacial score (nSPS) is 21.7. The van der Waals surface area contributed by atoms with Crippen molar-refractivity contribution in [3.8, 4) is 17.6 Å². The summed E-state index contributed by atoms with van der Waals surface area (Å²) in [6.07, 6.45) is 0. The average molecular weight is 395 g/mol. The second kappa shape index (κ2) is 9.19. The number of ether oxygens (including phenoxy) is 1. The molecule has 0 spiro atoms. The first-order valence-corrected chi connectivity index (χ1v) is 10.1. The molecular weight excluding hydrogens is 370 g/mol. The number of hydrogen-bond donors (Lipinski definition) is 3. The van der Waals surface area contributed by atoms with Crippen molar-refractivity contribution < 1.29 is 23.1 Å². The number of hydrogen-bond acceptors (Lipinski definition) is 6. The van der Waals surface area contributed by atoms with E-state index in [0.29, 0.717) is 12.3 Å². The average Bonchev–Trinajstić information content (AvgIpc) is 2.64. The number of piperazine rings is 1. The van der Waals surface area contributed by atoms with Gasteiger partial charge in [-0.25, -0.2) is 8.42 Å². The minimum atomic E-state index is -3.92. The van der Waals surface area contributed by atoms with Crippen LogP contribution in [0, 0.1) is 11.8 Å². The van der Waals surface area contributed by atoms with Gasteiger partial charge in [0, 0.05) is 19.1 Å². The number of carboxylic acid groups (broad SMARTS) is 1. The van der Waals surface area contributed by atoms with Crippen LogP contribution in [-0.2, 0) is 14.8 Å². The van der Waals surface area contributed by atoms with Crippen LogP contribution in [0.4, 0.5) is 0 Å². The first-order chi connectivity index (χ1) is 12.8. The number of sulfonamides is 1. The lowest BCUT2D eigenvalue weighted by Gasteiger charge is -2.36. The number of rotatable bonds is 6. The van der Waals surface area contributed by atoms with Gasteiger partial charge in [0.05, 0.1) is 10.9 Å². The summed E-state index contributed by atoms with van der Waals surface area (Å²) in [6, 6.07) is 4.34. The van der Waals surface area contributed by atoms with E-state index in [0.717, 1.165) is 4.31 Å². The van der Waals surface area contributed by atoms with Gasteiger partial charge in [0.15, 0.2) is 0 Å². The molecule has 9 heteroatoms. The van der Waals surface area contributed by atoms with Gasteiger partial charge >= 0.3 is 5.97 Å². The molecule has 0 aliphatic carbocycles. The van der Waals surface area contributed by atoms with Gasteiger partial charge in [-0.3, -0.25) is 4.79 Å². The summed E-state index contributed by atoms with van der Waals surface area (Å²) >= 11 is 0. The van der Waals surface area contributed by atoms with Crippen LogP contribution in [0.15, 0.2) is 29.2 Å². The third-order valence-electron chi connectivity index (χ3n) is 4.33. The third kappa shape index (κ3) is 5.20. The van der Waals surface area contributed by atoms with Crippen molar-refractivity contribution in [1.82, 2.24) is 14.9 Å². The molecule has 0 bridgehead atoms. The van der Waals surface area contributed by atoms with E-state index in [-0.39, 0.29) is 24.1 Å². The van der Waals surface area contributed by atoms with E-state index in [1.165, 1.54) is 24.3 Å². The lowest BCUT2D eigenvalue weighted by molar-refractivity contribution is -0.143. The lowest BCUT2D eigenvalue weighted by atomic mass is 10.1. The fraction of sp³-hybridized carbons (Fsp3) is 0.500. The minimum absolute atomic E-state index is 0.0325. The van der Waals surface area contributed by atoms with Gasteiger partial charge < -0.3 is 20.5 Å². The molecule has 2 rings (SSSR count). The molecule has 3 N–H and O–H groups in total. The maximum atomic E-state index is 12.9. The molecule has 148 valence electrons. The summed E-state index contributed by atoms with van der Waals surface area (Å²) in [7, 11) is -2.11. The Bertz CT molecular complexity index is 814. The highest BCUT2D eigenvalue weighted by molar-refractivity contribution is 7.89. The molecule has 0 radical (unpaired) electrons. The van der Waals surface area contributed by atoms with Crippen LogP contribution < -0.4 is 15.4 Å². The molecule has 3 atom stereocenters. The molecule has 1 heterocycles. The molecule has 1 aliphatic rings. The molecule has 1 aliphatic heterocycles. The van der Waals surface area contributed by atoms with Crippen LogP contribution in [0.5, 0.6) is 5.75 Å². The fourth-order valence-corrected chi connectivity index (χ4v) is 4.39. The van der Waals surface area contributed by atoms with Crippen LogP contribution in [0.2, 0.25) is 0 Å². The van der Waals surface area contributed by atoms with Crippen LogP contribution in [0.3, 0.4) is 0 Å². The van der Waals surface area contributed by atoms with Crippen molar-refractivity contribution in [2.45, 2.75) is 36.9 Å². The Kier molecular flexibility index (Phi) is 7.21. The first kappa shape index (κ1) is 21.2. The SMILES string of the molecule is CNC(C)C#CCOc1ccc(S(=O)(=O)N2CCNC(C)C2C(=O)O)cc1. The Balaban J connectivity index is 2.12. The standard InChI is InChI=1S/C18H25N3O5S/c1-13(19-3)5-4-12-26-15-6-8-16(9-7-15)27(24,25)21-11-10-20-14(2)17(21)18(22)23/h6-9,13-14,17,19-20H,10-12H2,1-3H3,(H,22,23). The molecule has 0 saturated carbocycles. The largest absolute Gasteiger partial charge is 0.481 e. The highest BCUT2D eigenvalue weighted by atomic mass is 32.2. The van der Waals surface area contributed by atoms with Crippen molar-refractivity contribution in [2.24, 2.45) is 0 Å². The number of benzene rings is 1. The lowest BCUT2D eigenvalue weighted by Crippen LogP contribution is -2.61. The Labute approximate surface area is 159 Å². The zero-order valence-electron chi connectivity index (χ0n) is 15.6. The molecule has 1 fully saturated rings. The number of nitrogens with one attached hydrogen (secondary N) is 2. The number of carbonyl (C=O) groups is 1. The Morgan fingerprint density at radius 3 is 2.70 bits per heavy atom. The Hall–Kier alpha value is -2.12. The second-order valence-electron chi connectivity index (χ2n) is 6.23. The van der Waals surface area contributed by atoms with Crippen LogP contribution in [0.25, 0.3) is 0 Å². The van der Waals surface area contributed by atoms with E-state index >= 15 is 0 Å². The van der Waals surface area contributed by atoms with Gasteiger partial charge in [0.1, 0.15) is 18.4 Å². The van der Waals surface area contributed by atoms with Gasteiger partial charge in [-0.15, -0.1) is 0 Å². The summed E-state index contributed by atoms with van der Waals surface area (Å²) in [5.41, 5.74) is 0. The molecule has 1 saturated heterocycles. The van der Waals surface area contributed by atoms with Crippen molar-refractivity contribution >= 4 is 16.0 Å². The van der Waals surface area contributed by atoms with E-state index in [4.69, 9.17) is 4.74 Å². The fourth-order valence-electron chi connectivity index (χ4n) is 2.74. The molecule has 0 aromatic heterocycles. The zero-order valence-corrected chi connectivity index (χ0v) is 16.4. The topological polar surface area (TPSA) is 108 Å².